The van der Waals surface area contributed by atoms with E-state index in [0.717, 1.165) is 0 Å². The van der Waals surface area contributed by atoms with E-state index in [1.165, 1.54) is 0 Å². The van der Waals surface area contributed by atoms with E-state index < -0.39 is 35.8 Å². The fraction of sp³-hybridized carbons (Fsp3) is 0. The van der Waals surface area contributed by atoms with Gasteiger partial charge in [-0.05, 0) is 0 Å². The molecule has 0 radical (unpaired) electrons. The van der Waals surface area contributed by atoms with Crippen LogP contribution in [0, 0.1) is 0 Å². The maximum absolute atomic E-state index is 8.93. The van der Waals surface area contributed by atoms with Crippen molar-refractivity contribution in [2.24, 2.45) is 0 Å². The molecule has 0 heterocycles. The van der Waals surface area contributed by atoms with Gasteiger partial charge in [0.15, 0.2) is 0 Å². The molecule has 21 heavy (non-hydrogen) atoms. The normalized spacial score (nSPS) is 6.29. The molecule has 0 aromatic carbocycles. The predicted octanol–water partition coefficient (Wildman–Crippen LogP) is -11.3. The first kappa shape index (κ1) is 36.8. The number of carboxylic acids is 6. The van der Waals surface area contributed by atoms with Crippen molar-refractivity contribution in [3.8, 4) is 0 Å². The average Bonchev–Trinajstić information content (AvgIpc) is 2.18. The Bertz CT molecular complexity index is 289. The van der Waals surface area contributed by atoms with Crippen molar-refractivity contribution in [2.75, 3.05) is 0 Å². The van der Waals surface area contributed by atoms with Gasteiger partial charge >= 0.3 is 67.3 Å². The molecule has 0 spiro atoms. The Balaban J connectivity index is -0.0000000375. The van der Waals surface area contributed by atoms with E-state index in [1.54, 1.807) is 0 Å². The molecule has 0 fully saturated rings. The first-order valence-electron chi connectivity index (χ1n) is 3.20. The molecule has 0 aliphatic heterocycles. The van der Waals surface area contributed by atoms with Gasteiger partial charge in [-0.2, -0.15) is 0 Å². The van der Waals surface area contributed by atoms with E-state index in [-0.39, 0.29) is 67.3 Å². The molecule has 0 aliphatic rings. The molecule has 0 bridgehead atoms. The van der Waals surface area contributed by atoms with E-state index >= 15 is 0 Å². The smallest absolute Gasteiger partial charge is 0.543 e. The summed E-state index contributed by atoms with van der Waals surface area (Å²) in [4.78, 5) is 53.6. The van der Waals surface area contributed by atoms with Crippen molar-refractivity contribution in [1.29, 1.82) is 0 Å². The zero-order valence-electron chi connectivity index (χ0n) is 10.0. The molecular formula is C6BeCaO12Zn. The van der Waals surface area contributed by atoms with E-state index in [0.29, 0.717) is 0 Å². The van der Waals surface area contributed by atoms with Crippen LogP contribution in [0.5, 0.6) is 0 Å². The fourth-order valence-electron chi connectivity index (χ4n) is 0. The third kappa shape index (κ3) is 45.4. The summed E-state index contributed by atoms with van der Waals surface area (Å²) in [6.07, 6.45) is 0. The van der Waals surface area contributed by atoms with Crippen molar-refractivity contribution in [2.45, 2.75) is 0 Å². The summed E-state index contributed by atoms with van der Waals surface area (Å²) in [7, 11) is 0. The molecule has 0 aromatic heterocycles. The minimum atomic E-state index is -2.19. The molecule has 0 aromatic rings. The Kier molecular flexibility index (Phi) is 37.1. The van der Waals surface area contributed by atoms with E-state index in [9.17, 15) is 0 Å². The number of aliphatic carboxylic acids is 6. The van der Waals surface area contributed by atoms with Gasteiger partial charge in [0.2, 0.25) is 0 Å². The molecule has 0 amide bonds. The Labute approximate surface area is 161 Å². The third-order valence-electron chi connectivity index (χ3n) is 0.500. The molecule has 0 saturated carbocycles. The van der Waals surface area contributed by atoms with Crippen LogP contribution in [0.4, 0.5) is 0 Å². The second kappa shape index (κ2) is 21.2. The SMILES string of the molecule is O=C([O-])C(=O)[O-].O=C([O-])C(=O)[O-].O=C([O-])C(=O)[O-].[Be+2].[Ca+2].[Zn+2]. The van der Waals surface area contributed by atoms with Crippen LogP contribution in [-0.2, 0) is 48.2 Å². The van der Waals surface area contributed by atoms with Crippen LogP contribution in [-0.4, -0.2) is 83.7 Å². The standard InChI is InChI=1S/3C2H2O4.Be.Ca.Zn/c3*3-1(4)2(5)6;;;/h3*(H,3,4)(H,5,6);;;/q;;;3*+2/p-6. The van der Waals surface area contributed by atoms with Crippen LogP contribution in [0.25, 0.3) is 0 Å². The number of hydrogen-bond acceptors (Lipinski definition) is 12. The average molecular weight is 379 g/mol. The van der Waals surface area contributed by atoms with Gasteiger partial charge in [0.25, 0.3) is 0 Å². The second-order valence-electron chi connectivity index (χ2n) is 1.72. The van der Waals surface area contributed by atoms with Crippen molar-refractivity contribution in [1.82, 2.24) is 0 Å². The summed E-state index contributed by atoms with van der Waals surface area (Å²) in [6, 6.07) is 0. The first-order chi connectivity index (χ1) is 7.93. The van der Waals surface area contributed by atoms with Crippen LogP contribution in [0.2, 0.25) is 0 Å². The Morgan fingerprint density at radius 2 is 0.476 bits per heavy atom. The minimum absolute atomic E-state index is 0. The molecule has 102 valence electrons. The van der Waals surface area contributed by atoms with Crippen LogP contribution in [0.3, 0.4) is 0 Å². The Morgan fingerprint density at radius 1 is 0.429 bits per heavy atom. The van der Waals surface area contributed by atoms with Gasteiger partial charge in [-0.25, -0.2) is 0 Å². The van der Waals surface area contributed by atoms with Crippen molar-refractivity contribution in [3.63, 3.8) is 0 Å². The minimum Gasteiger partial charge on any atom is -0.543 e. The first-order valence-corrected chi connectivity index (χ1v) is 3.20. The molecule has 12 nitrogen and oxygen atoms in total. The summed E-state index contributed by atoms with van der Waals surface area (Å²) < 4.78 is 0. The van der Waals surface area contributed by atoms with Crippen molar-refractivity contribution in [3.05, 3.63) is 0 Å². The van der Waals surface area contributed by atoms with Crippen LogP contribution in [0.1, 0.15) is 0 Å². The quantitative estimate of drug-likeness (QED) is 0.281. The zero-order chi connectivity index (χ0) is 15.5. The van der Waals surface area contributed by atoms with E-state index in [2.05, 4.69) is 0 Å². The Hall–Kier alpha value is -1.13. The maximum atomic E-state index is 8.93. The number of carboxylic acid groups (broad SMARTS) is 6. The van der Waals surface area contributed by atoms with E-state index in [1.807, 2.05) is 0 Å². The summed E-state index contributed by atoms with van der Waals surface area (Å²) in [6.45, 7) is 0. The van der Waals surface area contributed by atoms with Crippen molar-refractivity contribution >= 4 is 83.7 Å². The predicted molar refractivity (Wildman–Crippen MR) is 41.5 cm³/mol. The molecule has 0 aliphatic carbocycles. The van der Waals surface area contributed by atoms with Crippen LogP contribution >= 0.6 is 0 Å². The molecule has 0 rings (SSSR count). The number of carbonyl (C=O) groups excluding carboxylic acids is 6. The number of hydrogen-bond donors (Lipinski definition) is 0. The molecule has 0 saturated heterocycles. The molecular weight excluding hydrogens is 379 g/mol. The van der Waals surface area contributed by atoms with Crippen LogP contribution < -0.4 is 30.6 Å². The van der Waals surface area contributed by atoms with Gasteiger partial charge in [-0.3, -0.25) is 0 Å². The van der Waals surface area contributed by atoms with Gasteiger partial charge in [-0.1, -0.05) is 0 Å². The Morgan fingerprint density at radius 3 is 0.476 bits per heavy atom. The van der Waals surface area contributed by atoms with Gasteiger partial charge < -0.3 is 59.4 Å². The van der Waals surface area contributed by atoms with Gasteiger partial charge in [-0.15, -0.1) is 0 Å². The molecule has 15 heteroatoms. The summed E-state index contributed by atoms with van der Waals surface area (Å²) in [5, 5.41) is 53.6. The monoisotopic (exact) mass is 377 g/mol. The number of rotatable bonds is 0. The van der Waals surface area contributed by atoms with Gasteiger partial charge in [0, 0.05) is 0 Å². The largest absolute Gasteiger partial charge is 2.00 e. The van der Waals surface area contributed by atoms with E-state index in [4.69, 9.17) is 59.4 Å². The topological polar surface area (TPSA) is 241 Å². The number of carbonyl (C=O) groups is 6. The molecule has 0 N–H and O–H groups in total. The van der Waals surface area contributed by atoms with Gasteiger partial charge in [0.05, 0.1) is 35.8 Å². The van der Waals surface area contributed by atoms with Gasteiger partial charge in [0.1, 0.15) is 0 Å². The van der Waals surface area contributed by atoms with Crippen molar-refractivity contribution < 1.29 is 78.9 Å². The maximum Gasteiger partial charge on any atom is 2.00 e. The molecule has 0 atom stereocenters. The zero-order valence-corrected chi connectivity index (χ0v) is 15.2. The second-order valence-corrected chi connectivity index (χ2v) is 1.72. The fourth-order valence-corrected chi connectivity index (χ4v) is 0. The molecule has 0 unspecified atom stereocenters. The summed E-state index contributed by atoms with van der Waals surface area (Å²) >= 11 is 0. The summed E-state index contributed by atoms with van der Waals surface area (Å²) in [5.41, 5.74) is 0. The van der Waals surface area contributed by atoms with Crippen LogP contribution in [0.15, 0.2) is 0 Å². The third-order valence-corrected chi connectivity index (χ3v) is 0.500. The summed E-state index contributed by atoms with van der Waals surface area (Å²) in [5.74, 6) is -13.1.